The minimum absolute atomic E-state index is 0.715. The summed E-state index contributed by atoms with van der Waals surface area (Å²) in [6, 6.07) is 26.0. The number of aryl methyl sites for hydroxylation is 2. The zero-order valence-corrected chi connectivity index (χ0v) is 26.1. The van der Waals surface area contributed by atoms with Gasteiger partial charge in [0.1, 0.15) is 11.5 Å². The lowest BCUT2D eigenvalue weighted by molar-refractivity contribution is 0.305. The maximum absolute atomic E-state index is 6.57. The Morgan fingerprint density at radius 3 is 1.24 bits per heavy atom. The van der Waals surface area contributed by atoms with Gasteiger partial charge in [0.15, 0.2) is 0 Å². The maximum atomic E-state index is 6.57. The Kier molecular flexibility index (Phi) is 12.3. The summed E-state index contributed by atoms with van der Waals surface area (Å²) >= 11 is 0. The number of fused-ring (bicyclic) bond motifs is 1. The van der Waals surface area contributed by atoms with E-state index in [1.165, 1.54) is 60.8 Å². The minimum Gasteiger partial charge on any atom is -0.492 e. The second-order valence-electron chi connectivity index (χ2n) is 11.4. The Labute approximate surface area is 254 Å². The van der Waals surface area contributed by atoms with E-state index in [0.717, 1.165) is 46.2 Å². The molecular weight excluding hydrogens is 512 g/mol. The smallest absolute Gasteiger partial charge is 0.134 e. The van der Waals surface area contributed by atoms with Gasteiger partial charge in [-0.2, -0.15) is 0 Å². The highest BCUT2D eigenvalue weighted by Crippen LogP contribution is 2.39. The van der Waals surface area contributed by atoms with Gasteiger partial charge >= 0.3 is 0 Å². The van der Waals surface area contributed by atoms with Crippen LogP contribution in [0.15, 0.2) is 72.8 Å². The van der Waals surface area contributed by atoms with Crippen LogP contribution in [-0.2, 0) is 0 Å². The van der Waals surface area contributed by atoms with Crippen LogP contribution in [0.2, 0.25) is 0 Å². The first kappa shape index (κ1) is 31.2. The third-order valence-electron chi connectivity index (χ3n) is 7.72. The highest BCUT2D eigenvalue weighted by molar-refractivity contribution is 5.99. The lowest BCUT2D eigenvalue weighted by Crippen LogP contribution is -2.02. The molecular formula is C40H48O2. The van der Waals surface area contributed by atoms with Crippen LogP contribution in [0.4, 0.5) is 0 Å². The van der Waals surface area contributed by atoms with E-state index in [4.69, 9.17) is 9.47 Å². The van der Waals surface area contributed by atoms with Crippen LogP contribution < -0.4 is 9.47 Å². The molecule has 0 heterocycles. The normalized spacial score (nSPS) is 11.6. The molecule has 42 heavy (non-hydrogen) atoms. The molecule has 0 saturated heterocycles. The molecule has 4 rings (SSSR count). The molecule has 0 aliphatic rings. The van der Waals surface area contributed by atoms with Crippen molar-refractivity contribution in [3.05, 3.63) is 106 Å². The highest BCUT2D eigenvalue weighted by atomic mass is 16.5. The Hall–Kier alpha value is -3.78. The first-order chi connectivity index (χ1) is 20.6. The molecule has 0 bridgehead atoms. The van der Waals surface area contributed by atoms with E-state index in [1.807, 2.05) is 0 Å². The SMILES string of the molecule is CCCCCCOc1c(C=Cc2ccc(C)cc2)ccc2c(OCCCCCC)c(C=Cc3ccc(C)cc3)ccc12. The summed E-state index contributed by atoms with van der Waals surface area (Å²) < 4.78 is 13.1. The lowest BCUT2D eigenvalue weighted by atomic mass is 9.99. The van der Waals surface area contributed by atoms with Gasteiger partial charge in [0.05, 0.1) is 13.2 Å². The van der Waals surface area contributed by atoms with Crippen molar-refractivity contribution in [3.8, 4) is 11.5 Å². The van der Waals surface area contributed by atoms with Gasteiger partial charge in [-0.05, 0) is 49.9 Å². The number of ether oxygens (including phenoxy) is 2. The van der Waals surface area contributed by atoms with Gasteiger partial charge in [0.25, 0.3) is 0 Å². The molecule has 0 amide bonds. The first-order valence-electron chi connectivity index (χ1n) is 15.9. The lowest BCUT2D eigenvalue weighted by Gasteiger charge is -2.17. The zero-order chi connectivity index (χ0) is 29.6. The molecule has 0 atom stereocenters. The Balaban J connectivity index is 1.72. The second-order valence-corrected chi connectivity index (χ2v) is 11.4. The molecule has 4 aromatic rings. The summed E-state index contributed by atoms with van der Waals surface area (Å²) in [5, 5.41) is 2.21. The molecule has 0 N–H and O–H groups in total. The maximum Gasteiger partial charge on any atom is 0.134 e. The van der Waals surface area contributed by atoms with Crippen molar-refractivity contribution in [2.45, 2.75) is 79.1 Å². The Morgan fingerprint density at radius 1 is 0.452 bits per heavy atom. The van der Waals surface area contributed by atoms with E-state index in [9.17, 15) is 0 Å². The molecule has 0 aliphatic heterocycles. The van der Waals surface area contributed by atoms with Crippen molar-refractivity contribution in [1.82, 2.24) is 0 Å². The monoisotopic (exact) mass is 560 g/mol. The van der Waals surface area contributed by atoms with Gasteiger partial charge in [-0.1, -0.05) is 148 Å². The summed E-state index contributed by atoms with van der Waals surface area (Å²) in [5.74, 6) is 1.88. The quantitative estimate of drug-likeness (QED) is 0.100. The van der Waals surface area contributed by atoms with E-state index < -0.39 is 0 Å². The third kappa shape index (κ3) is 9.11. The number of hydrogen-bond donors (Lipinski definition) is 0. The fraction of sp³-hybridized carbons (Fsp3) is 0.350. The molecule has 0 saturated carbocycles. The van der Waals surface area contributed by atoms with Gasteiger partial charge in [0.2, 0.25) is 0 Å². The van der Waals surface area contributed by atoms with Crippen molar-refractivity contribution in [2.24, 2.45) is 0 Å². The van der Waals surface area contributed by atoms with Crippen LogP contribution >= 0.6 is 0 Å². The van der Waals surface area contributed by atoms with Gasteiger partial charge in [-0.25, -0.2) is 0 Å². The van der Waals surface area contributed by atoms with Gasteiger partial charge in [0, 0.05) is 21.9 Å². The highest BCUT2D eigenvalue weighted by Gasteiger charge is 2.14. The zero-order valence-electron chi connectivity index (χ0n) is 26.1. The largest absolute Gasteiger partial charge is 0.492 e. The molecule has 2 nitrogen and oxygen atoms in total. The Morgan fingerprint density at radius 2 is 0.857 bits per heavy atom. The summed E-state index contributed by atoms with van der Waals surface area (Å²) in [7, 11) is 0. The van der Waals surface area contributed by atoms with Crippen LogP contribution in [0.3, 0.4) is 0 Å². The van der Waals surface area contributed by atoms with Crippen LogP contribution in [0.25, 0.3) is 35.1 Å². The van der Waals surface area contributed by atoms with Gasteiger partial charge < -0.3 is 9.47 Å². The number of hydrogen-bond acceptors (Lipinski definition) is 2. The molecule has 0 spiro atoms. The van der Waals surface area contributed by atoms with Crippen molar-refractivity contribution in [3.63, 3.8) is 0 Å². The average molecular weight is 561 g/mol. The van der Waals surface area contributed by atoms with Crippen LogP contribution in [0, 0.1) is 13.8 Å². The van der Waals surface area contributed by atoms with Crippen molar-refractivity contribution in [2.75, 3.05) is 13.2 Å². The van der Waals surface area contributed by atoms with E-state index in [2.05, 4.69) is 125 Å². The Bertz CT molecular complexity index is 1330. The molecule has 220 valence electrons. The predicted molar refractivity (Wildman–Crippen MR) is 183 cm³/mol. The summed E-state index contributed by atoms with van der Waals surface area (Å²) in [5.41, 5.74) is 7.09. The second kappa shape index (κ2) is 16.6. The predicted octanol–water partition coefficient (Wildman–Crippen LogP) is 11.7. The van der Waals surface area contributed by atoms with Crippen LogP contribution in [-0.4, -0.2) is 13.2 Å². The standard InChI is InChI=1S/C40H48O2/c1-5-7-9-11-29-41-39-35(23-21-33-17-13-31(3)14-18-33)25-28-38-37(39)27-26-36(40(38)42-30-12-10-8-6-2)24-22-34-19-15-32(4)16-20-34/h13-28H,5-12,29-30H2,1-4H3. The third-order valence-corrected chi connectivity index (χ3v) is 7.72. The fourth-order valence-corrected chi connectivity index (χ4v) is 5.10. The molecule has 2 heteroatoms. The van der Waals surface area contributed by atoms with Gasteiger partial charge in [-0.15, -0.1) is 0 Å². The molecule has 0 radical (unpaired) electrons. The molecule has 0 unspecified atom stereocenters. The molecule has 4 aromatic carbocycles. The fourth-order valence-electron chi connectivity index (χ4n) is 5.10. The summed E-state index contributed by atoms with van der Waals surface area (Å²) in [4.78, 5) is 0. The van der Waals surface area contributed by atoms with E-state index >= 15 is 0 Å². The van der Waals surface area contributed by atoms with E-state index in [1.54, 1.807) is 0 Å². The van der Waals surface area contributed by atoms with Gasteiger partial charge in [-0.3, -0.25) is 0 Å². The topological polar surface area (TPSA) is 18.5 Å². The molecule has 0 aromatic heterocycles. The first-order valence-corrected chi connectivity index (χ1v) is 15.9. The number of rotatable bonds is 16. The summed E-state index contributed by atoms with van der Waals surface area (Å²) in [6.07, 6.45) is 18.1. The molecule has 0 fully saturated rings. The number of unbranched alkanes of at least 4 members (excludes halogenated alkanes) is 6. The van der Waals surface area contributed by atoms with E-state index in [-0.39, 0.29) is 0 Å². The average Bonchev–Trinajstić information content (AvgIpc) is 3.01. The van der Waals surface area contributed by atoms with Crippen LogP contribution in [0.1, 0.15) is 98.6 Å². The number of benzene rings is 4. The van der Waals surface area contributed by atoms with Crippen LogP contribution in [0.5, 0.6) is 11.5 Å². The van der Waals surface area contributed by atoms with Crippen molar-refractivity contribution >= 4 is 35.1 Å². The summed E-state index contributed by atoms with van der Waals surface area (Å²) in [6.45, 7) is 10.2. The minimum atomic E-state index is 0.715. The van der Waals surface area contributed by atoms with Crippen molar-refractivity contribution in [1.29, 1.82) is 0 Å². The van der Waals surface area contributed by atoms with E-state index in [0.29, 0.717) is 13.2 Å². The molecule has 0 aliphatic carbocycles. The van der Waals surface area contributed by atoms with Crippen molar-refractivity contribution < 1.29 is 9.47 Å².